The average molecular weight is 227 g/mol. The molecule has 0 aromatic carbocycles. The van der Waals surface area contributed by atoms with Gasteiger partial charge in [0.1, 0.15) is 0 Å². The molecule has 2 aliphatic rings. The highest BCUT2D eigenvalue weighted by Crippen LogP contribution is 2.25. The van der Waals surface area contributed by atoms with E-state index >= 15 is 0 Å². The molecule has 0 amide bonds. The summed E-state index contributed by atoms with van der Waals surface area (Å²) in [6, 6.07) is 1.71. The van der Waals surface area contributed by atoms with Gasteiger partial charge < -0.3 is 5.73 Å². The predicted octanol–water partition coefficient (Wildman–Crippen LogP) is -0.588. The number of hydrogen-bond donors (Lipinski definition) is 4. The van der Waals surface area contributed by atoms with Crippen LogP contribution in [0.1, 0.15) is 27.7 Å². The van der Waals surface area contributed by atoms with Crippen LogP contribution in [0.2, 0.25) is 0 Å². The van der Waals surface area contributed by atoms with Gasteiger partial charge in [0.05, 0.1) is 12.2 Å². The van der Waals surface area contributed by atoms with Gasteiger partial charge in [-0.3, -0.25) is 10.6 Å². The quantitative estimate of drug-likeness (QED) is 0.508. The first kappa shape index (κ1) is 12.3. The smallest absolute Gasteiger partial charge is 0.0747 e. The molecule has 4 unspecified atom stereocenters. The molecule has 0 radical (unpaired) electrons. The fourth-order valence-electron chi connectivity index (χ4n) is 2.84. The van der Waals surface area contributed by atoms with Crippen LogP contribution in [0.15, 0.2) is 0 Å². The Balaban J connectivity index is 2.19. The van der Waals surface area contributed by atoms with E-state index in [1.807, 2.05) is 0 Å². The van der Waals surface area contributed by atoms with Crippen molar-refractivity contribution in [1.29, 1.82) is 0 Å². The molecule has 16 heavy (non-hydrogen) atoms. The number of fused-ring (bicyclic) bond motifs is 1. The van der Waals surface area contributed by atoms with E-state index in [1.54, 1.807) is 0 Å². The van der Waals surface area contributed by atoms with E-state index in [9.17, 15) is 0 Å². The van der Waals surface area contributed by atoms with Crippen LogP contribution in [-0.2, 0) is 0 Å². The van der Waals surface area contributed by atoms with Crippen molar-refractivity contribution in [2.45, 2.75) is 58.0 Å². The molecule has 2 rings (SSSR count). The van der Waals surface area contributed by atoms with Crippen LogP contribution in [0.4, 0.5) is 0 Å². The van der Waals surface area contributed by atoms with Crippen LogP contribution in [0, 0.1) is 5.92 Å². The molecule has 0 aromatic heterocycles. The predicted molar refractivity (Wildman–Crippen MR) is 65.4 cm³/mol. The Morgan fingerprint density at radius 1 is 1.19 bits per heavy atom. The highest BCUT2D eigenvalue weighted by Gasteiger charge is 2.47. The number of hydrazine groups is 1. The fourth-order valence-corrected chi connectivity index (χ4v) is 2.84. The summed E-state index contributed by atoms with van der Waals surface area (Å²) in [5, 5.41) is 9.12. The van der Waals surface area contributed by atoms with E-state index in [1.165, 1.54) is 0 Å². The second kappa shape index (κ2) is 4.58. The standard InChI is InChI=1S/C11H25N5/c1-6(2)8-9-10(11(12)14-5-13-9)16(15-8)7(3)4/h6-11,13-15H,5,12H2,1-4H3. The van der Waals surface area contributed by atoms with E-state index in [0.29, 0.717) is 30.1 Å². The number of nitrogens with two attached hydrogens (primary N) is 1. The first-order valence-corrected chi connectivity index (χ1v) is 6.29. The summed E-state index contributed by atoms with van der Waals surface area (Å²) in [6.07, 6.45) is 0.0462. The monoisotopic (exact) mass is 227 g/mol. The third kappa shape index (κ3) is 1.98. The Kier molecular flexibility index (Phi) is 3.51. The largest absolute Gasteiger partial charge is 0.314 e. The van der Waals surface area contributed by atoms with Crippen LogP contribution in [0.3, 0.4) is 0 Å². The summed E-state index contributed by atoms with van der Waals surface area (Å²) in [7, 11) is 0. The molecule has 2 fully saturated rings. The minimum absolute atomic E-state index is 0.0462. The topological polar surface area (TPSA) is 65.3 Å². The van der Waals surface area contributed by atoms with Gasteiger partial charge in [-0.2, -0.15) is 0 Å². The molecular formula is C11H25N5. The maximum atomic E-state index is 6.18. The lowest BCUT2D eigenvalue weighted by Crippen LogP contribution is -2.68. The Morgan fingerprint density at radius 2 is 1.88 bits per heavy atom. The molecule has 2 aliphatic heterocycles. The first-order valence-electron chi connectivity index (χ1n) is 6.29. The van der Waals surface area contributed by atoms with Crippen LogP contribution in [0.5, 0.6) is 0 Å². The Hall–Kier alpha value is -0.200. The summed E-state index contributed by atoms with van der Waals surface area (Å²) < 4.78 is 0. The maximum absolute atomic E-state index is 6.18. The van der Waals surface area contributed by atoms with Gasteiger partial charge in [-0.25, -0.2) is 10.4 Å². The number of nitrogens with zero attached hydrogens (tertiary/aromatic N) is 1. The number of rotatable bonds is 2. The first-order chi connectivity index (χ1) is 7.52. The third-order valence-corrected chi connectivity index (χ3v) is 3.69. The van der Waals surface area contributed by atoms with Crippen molar-refractivity contribution in [3.63, 3.8) is 0 Å². The lowest BCUT2D eigenvalue weighted by Gasteiger charge is -2.39. The van der Waals surface area contributed by atoms with Gasteiger partial charge >= 0.3 is 0 Å². The van der Waals surface area contributed by atoms with Crippen LogP contribution in [-0.4, -0.2) is 42.0 Å². The second-order valence-corrected chi connectivity index (χ2v) is 5.53. The van der Waals surface area contributed by atoms with Crippen molar-refractivity contribution in [1.82, 2.24) is 21.1 Å². The molecule has 4 atom stereocenters. The Labute approximate surface area is 98.1 Å². The third-order valence-electron chi connectivity index (χ3n) is 3.69. The summed E-state index contributed by atoms with van der Waals surface area (Å²) in [5.74, 6) is 0.606. The zero-order valence-corrected chi connectivity index (χ0v) is 10.7. The van der Waals surface area contributed by atoms with Gasteiger partial charge in [0, 0.05) is 24.8 Å². The van der Waals surface area contributed by atoms with E-state index in [0.717, 1.165) is 6.67 Å². The zero-order valence-electron chi connectivity index (χ0n) is 10.7. The van der Waals surface area contributed by atoms with Gasteiger partial charge in [0.2, 0.25) is 0 Å². The van der Waals surface area contributed by atoms with E-state index < -0.39 is 0 Å². The highest BCUT2D eigenvalue weighted by molar-refractivity contribution is 5.05. The zero-order chi connectivity index (χ0) is 11.9. The van der Waals surface area contributed by atoms with Gasteiger partial charge in [-0.15, -0.1) is 0 Å². The summed E-state index contributed by atoms with van der Waals surface area (Å²) in [4.78, 5) is 0. The molecule has 5 N–H and O–H groups in total. The SMILES string of the molecule is CC(C)C1NN(C(C)C)C2C(N)NCNC12. The minimum Gasteiger partial charge on any atom is -0.314 e. The van der Waals surface area contributed by atoms with Crippen molar-refractivity contribution >= 4 is 0 Å². The average Bonchev–Trinajstić information content (AvgIpc) is 2.58. The van der Waals surface area contributed by atoms with Gasteiger partial charge in [-0.05, 0) is 19.8 Å². The molecule has 94 valence electrons. The lowest BCUT2D eigenvalue weighted by molar-refractivity contribution is 0.0907. The van der Waals surface area contributed by atoms with E-state index in [2.05, 4.69) is 48.8 Å². The van der Waals surface area contributed by atoms with E-state index in [-0.39, 0.29) is 6.17 Å². The van der Waals surface area contributed by atoms with E-state index in [4.69, 9.17) is 5.73 Å². The summed E-state index contributed by atoms with van der Waals surface area (Å²) >= 11 is 0. The van der Waals surface area contributed by atoms with Crippen LogP contribution < -0.4 is 21.8 Å². The molecule has 0 spiro atoms. The molecule has 0 saturated carbocycles. The van der Waals surface area contributed by atoms with Crippen molar-refractivity contribution in [2.75, 3.05) is 6.67 Å². The Bertz CT molecular complexity index is 243. The second-order valence-electron chi connectivity index (χ2n) is 5.53. The van der Waals surface area contributed by atoms with Gasteiger partial charge in [0.25, 0.3) is 0 Å². The molecule has 0 aliphatic carbocycles. The molecule has 2 heterocycles. The Morgan fingerprint density at radius 3 is 2.44 bits per heavy atom. The maximum Gasteiger partial charge on any atom is 0.0747 e. The molecule has 5 heteroatoms. The lowest BCUT2D eigenvalue weighted by atomic mass is 9.91. The number of nitrogens with one attached hydrogen (secondary N) is 3. The molecular weight excluding hydrogens is 202 g/mol. The number of hydrogen-bond acceptors (Lipinski definition) is 5. The summed E-state index contributed by atoms with van der Waals surface area (Å²) in [5.41, 5.74) is 9.79. The molecule has 0 aromatic rings. The van der Waals surface area contributed by atoms with Crippen molar-refractivity contribution in [3.05, 3.63) is 0 Å². The van der Waals surface area contributed by atoms with Crippen LogP contribution >= 0.6 is 0 Å². The summed E-state index contributed by atoms with van der Waals surface area (Å²) in [6.45, 7) is 9.73. The van der Waals surface area contributed by atoms with Gasteiger partial charge in [-0.1, -0.05) is 13.8 Å². The normalized spacial score (nSPS) is 40.7. The van der Waals surface area contributed by atoms with Crippen molar-refractivity contribution in [2.24, 2.45) is 11.7 Å². The molecule has 0 bridgehead atoms. The fraction of sp³-hybridized carbons (Fsp3) is 1.00. The molecule has 2 saturated heterocycles. The van der Waals surface area contributed by atoms with Gasteiger partial charge in [0.15, 0.2) is 0 Å². The molecule has 5 nitrogen and oxygen atoms in total. The van der Waals surface area contributed by atoms with Crippen LogP contribution in [0.25, 0.3) is 0 Å². The highest BCUT2D eigenvalue weighted by atomic mass is 15.6. The minimum atomic E-state index is 0.0462. The van der Waals surface area contributed by atoms with Crippen molar-refractivity contribution in [3.8, 4) is 0 Å². The van der Waals surface area contributed by atoms with Crippen molar-refractivity contribution < 1.29 is 0 Å².